The second-order valence-corrected chi connectivity index (χ2v) is 6.58. The van der Waals surface area contributed by atoms with Crippen molar-refractivity contribution in [3.63, 3.8) is 0 Å². The van der Waals surface area contributed by atoms with Crippen LogP contribution < -0.4 is 10.1 Å². The number of ether oxygens (including phenoxy) is 2. The van der Waals surface area contributed by atoms with Gasteiger partial charge in [0.2, 0.25) is 0 Å². The summed E-state index contributed by atoms with van der Waals surface area (Å²) in [4.78, 5) is 0. The summed E-state index contributed by atoms with van der Waals surface area (Å²) in [5.41, 5.74) is 1.04. The molecule has 0 aliphatic carbocycles. The van der Waals surface area contributed by atoms with Gasteiger partial charge in [0.25, 0.3) is 0 Å². The van der Waals surface area contributed by atoms with Crippen LogP contribution in [0.15, 0.2) is 16.6 Å². The van der Waals surface area contributed by atoms with E-state index in [4.69, 9.17) is 21.1 Å². The van der Waals surface area contributed by atoms with Crippen LogP contribution in [0.2, 0.25) is 5.02 Å². The van der Waals surface area contributed by atoms with Gasteiger partial charge in [-0.05, 0) is 44.4 Å². The van der Waals surface area contributed by atoms with Crippen molar-refractivity contribution in [3.05, 3.63) is 27.2 Å². The van der Waals surface area contributed by atoms with Gasteiger partial charge in [-0.15, -0.1) is 0 Å². The molecule has 0 bridgehead atoms. The van der Waals surface area contributed by atoms with E-state index in [1.165, 1.54) is 6.42 Å². The first kappa shape index (κ1) is 16.1. The van der Waals surface area contributed by atoms with Crippen LogP contribution in [0.4, 0.5) is 0 Å². The molecule has 0 radical (unpaired) electrons. The zero-order chi connectivity index (χ0) is 14.5. The van der Waals surface area contributed by atoms with Gasteiger partial charge in [0.1, 0.15) is 11.9 Å². The number of hydrogen-bond acceptors (Lipinski definition) is 3. The number of halogens is 2. The Hall–Kier alpha value is -0.290. The molecule has 2 rings (SSSR count). The van der Waals surface area contributed by atoms with E-state index in [0.29, 0.717) is 11.1 Å². The van der Waals surface area contributed by atoms with Crippen LogP contribution in [0.5, 0.6) is 5.75 Å². The third kappa shape index (κ3) is 4.62. The third-order valence-corrected chi connectivity index (χ3v) is 4.08. The smallest absolute Gasteiger partial charge is 0.141 e. The molecule has 1 aromatic carbocycles. The molecule has 1 saturated heterocycles. The van der Waals surface area contributed by atoms with E-state index in [-0.39, 0.29) is 6.10 Å². The molecule has 1 N–H and O–H groups in total. The summed E-state index contributed by atoms with van der Waals surface area (Å²) >= 11 is 9.65. The van der Waals surface area contributed by atoms with Gasteiger partial charge >= 0.3 is 0 Å². The molecule has 1 aliphatic rings. The van der Waals surface area contributed by atoms with Crippen LogP contribution in [0.3, 0.4) is 0 Å². The first-order chi connectivity index (χ1) is 9.56. The molecule has 0 amide bonds. The van der Waals surface area contributed by atoms with E-state index >= 15 is 0 Å². The molecule has 2 atom stereocenters. The molecule has 2 unspecified atom stereocenters. The Kier molecular flexibility index (Phi) is 6.15. The molecule has 1 aromatic rings. The lowest BCUT2D eigenvalue weighted by molar-refractivity contribution is 0.106. The standard InChI is InChI=1S/C15H21BrClNO2/c1-10-6-12(16)7-14(17)15(10)20-11(2)8-18-9-13-4-3-5-19-13/h6-7,11,13,18H,3-5,8-9H2,1-2H3. The molecule has 112 valence electrons. The van der Waals surface area contributed by atoms with E-state index in [1.54, 1.807) is 0 Å². The first-order valence-corrected chi connectivity index (χ1v) is 8.18. The lowest BCUT2D eigenvalue weighted by Gasteiger charge is -2.19. The SMILES string of the molecule is Cc1cc(Br)cc(Cl)c1OC(C)CNCC1CCCO1. The van der Waals surface area contributed by atoms with Crippen molar-refractivity contribution in [3.8, 4) is 5.75 Å². The van der Waals surface area contributed by atoms with Crippen LogP contribution in [0, 0.1) is 6.92 Å². The van der Waals surface area contributed by atoms with Crippen molar-refractivity contribution in [1.82, 2.24) is 5.32 Å². The van der Waals surface area contributed by atoms with E-state index in [1.807, 2.05) is 26.0 Å². The maximum Gasteiger partial charge on any atom is 0.141 e. The minimum atomic E-state index is 0.0637. The third-order valence-electron chi connectivity index (χ3n) is 3.34. The summed E-state index contributed by atoms with van der Waals surface area (Å²) in [6.45, 7) is 6.61. The fourth-order valence-corrected chi connectivity index (χ4v) is 3.35. The van der Waals surface area contributed by atoms with Gasteiger partial charge in [0.05, 0.1) is 11.1 Å². The number of nitrogens with one attached hydrogen (secondary N) is 1. The van der Waals surface area contributed by atoms with Gasteiger partial charge in [-0.3, -0.25) is 0 Å². The topological polar surface area (TPSA) is 30.5 Å². The van der Waals surface area contributed by atoms with Gasteiger partial charge in [0, 0.05) is 24.2 Å². The largest absolute Gasteiger partial charge is 0.488 e. The molecular weight excluding hydrogens is 342 g/mol. The number of hydrogen-bond donors (Lipinski definition) is 1. The van der Waals surface area contributed by atoms with Crippen LogP contribution in [-0.4, -0.2) is 31.9 Å². The first-order valence-electron chi connectivity index (χ1n) is 7.01. The Labute approximate surface area is 134 Å². The monoisotopic (exact) mass is 361 g/mol. The van der Waals surface area contributed by atoms with E-state index in [0.717, 1.165) is 41.9 Å². The summed E-state index contributed by atoms with van der Waals surface area (Å²) in [7, 11) is 0. The molecule has 3 nitrogen and oxygen atoms in total. The predicted molar refractivity (Wildman–Crippen MR) is 85.8 cm³/mol. The second kappa shape index (κ2) is 7.64. The van der Waals surface area contributed by atoms with E-state index < -0.39 is 0 Å². The van der Waals surface area contributed by atoms with Gasteiger partial charge in [-0.2, -0.15) is 0 Å². The highest BCUT2D eigenvalue weighted by Gasteiger charge is 2.16. The predicted octanol–water partition coefficient (Wildman–Crippen LogP) is 3.95. The zero-order valence-corrected chi connectivity index (χ0v) is 14.3. The number of rotatable bonds is 6. The van der Waals surface area contributed by atoms with E-state index in [9.17, 15) is 0 Å². The molecular formula is C15H21BrClNO2. The average Bonchev–Trinajstić information content (AvgIpc) is 2.87. The zero-order valence-electron chi connectivity index (χ0n) is 11.9. The van der Waals surface area contributed by atoms with Crippen molar-refractivity contribution in [1.29, 1.82) is 0 Å². The van der Waals surface area contributed by atoms with Crippen molar-refractivity contribution in [2.24, 2.45) is 0 Å². The van der Waals surface area contributed by atoms with Gasteiger partial charge in [-0.25, -0.2) is 0 Å². The van der Waals surface area contributed by atoms with Crippen LogP contribution in [-0.2, 0) is 4.74 Å². The minimum absolute atomic E-state index is 0.0637. The number of aryl methyl sites for hydroxylation is 1. The van der Waals surface area contributed by atoms with E-state index in [2.05, 4.69) is 21.2 Å². The average molecular weight is 363 g/mol. The molecule has 1 heterocycles. The van der Waals surface area contributed by atoms with Crippen LogP contribution in [0.25, 0.3) is 0 Å². The Morgan fingerprint density at radius 1 is 1.55 bits per heavy atom. The summed E-state index contributed by atoms with van der Waals surface area (Å²) in [6.07, 6.45) is 2.75. The molecule has 20 heavy (non-hydrogen) atoms. The Bertz CT molecular complexity index is 426. The Morgan fingerprint density at radius 2 is 2.35 bits per heavy atom. The normalized spacial score (nSPS) is 20.1. The Morgan fingerprint density at radius 3 is 3.00 bits per heavy atom. The molecule has 1 aliphatic heterocycles. The van der Waals surface area contributed by atoms with Crippen molar-refractivity contribution >= 4 is 27.5 Å². The molecule has 0 saturated carbocycles. The van der Waals surface area contributed by atoms with Gasteiger partial charge in [0.15, 0.2) is 0 Å². The van der Waals surface area contributed by atoms with Crippen molar-refractivity contribution < 1.29 is 9.47 Å². The minimum Gasteiger partial charge on any atom is -0.488 e. The molecule has 1 fully saturated rings. The van der Waals surface area contributed by atoms with Gasteiger partial charge < -0.3 is 14.8 Å². The summed E-state index contributed by atoms with van der Waals surface area (Å²) < 4.78 is 12.5. The van der Waals surface area contributed by atoms with Crippen molar-refractivity contribution in [2.75, 3.05) is 19.7 Å². The second-order valence-electron chi connectivity index (χ2n) is 5.26. The quantitative estimate of drug-likeness (QED) is 0.831. The van der Waals surface area contributed by atoms with Crippen molar-refractivity contribution in [2.45, 2.75) is 38.9 Å². The highest BCUT2D eigenvalue weighted by Crippen LogP contribution is 2.32. The maximum absolute atomic E-state index is 6.22. The fourth-order valence-electron chi connectivity index (χ4n) is 2.33. The maximum atomic E-state index is 6.22. The molecule has 0 spiro atoms. The van der Waals surface area contributed by atoms with Crippen LogP contribution in [0.1, 0.15) is 25.3 Å². The number of benzene rings is 1. The van der Waals surface area contributed by atoms with Gasteiger partial charge in [-0.1, -0.05) is 27.5 Å². The summed E-state index contributed by atoms with van der Waals surface area (Å²) in [5, 5.41) is 4.04. The lowest BCUT2D eigenvalue weighted by atomic mass is 10.2. The Balaban J connectivity index is 1.80. The lowest BCUT2D eigenvalue weighted by Crippen LogP contribution is -2.34. The molecule has 5 heteroatoms. The summed E-state index contributed by atoms with van der Waals surface area (Å²) in [5.74, 6) is 0.765. The fraction of sp³-hybridized carbons (Fsp3) is 0.600. The van der Waals surface area contributed by atoms with Crippen LogP contribution >= 0.6 is 27.5 Å². The highest BCUT2D eigenvalue weighted by atomic mass is 79.9. The highest BCUT2D eigenvalue weighted by molar-refractivity contribution is 9.10. The summed E-state index contributed by atoms with van der Waals surface area (Å²) in [6, 6.07) is 3.87. The molecule has 0 aromatic heterocycles.